The molecule has 2 unspecified atom stereocenters. The number of aryl methyl sites for hydroxylation is 2. The number of pyridine rings is 1. The van der Waals surface area contributed by atoms with E-state index < -0.39 is 0 Å². The van der Waals surface area contributed by atoms with Crippen molar-refractivity contribution in [1.29, 1.82) is 0 Å². The normalized spacial score (nSPS) is 21.0. The van der Waals surface area contributed by atoms with Gasteiger partial charge in [0.05, 0.1) is 30.5 Å². The third-order valence-electron chi connectivity index (χ3n) is 5.49. The van der Waals surface area contributed by atoms with Crippen LogP contribution in [0.25, 0.3) is 10.9 Å². The van der Waals surface area contributed by atoms with Crippen LogP contribution in [0, 0.1) is 0 Å². The summed E-state index contributed by atoms with van der Waals surface area (Å²) in [4.78, 5) is 29.7. The molecule has 1 amide bonds. The third-order valence-corrected chi connectivity index (χ3v) is 5.49. The number of fused-ring (bicyclic) bond motifs is 2. The number of nitrogens with one attached hydrogen (secondary N) is 1. The van der Waals surface area contributed by atoms with E-state index in [1.54, 1.807) is 12.1 Å². The second-order valence-electron chi connectivity index (χ2n) is 7.33. The van der Waals surface area contributed by atoms with E-state index in [0.717, 1.165) is 41.4 Å². The van der Waals surface area contributed by atoms with Crippen molar-refractivity contribution in [1.82, 2.24) is 20.1 Å². The van der Waals surface area contributed by atoms with Crippen molar-refractivity contribution in [3.05, 3.63) is 69.8 Å². The Balaban J connectivity index is 1.40. The number of hydrogen-bond acceptors (Lipinski definition) is 5. The zero-order chi connectivity index (χ0) is 19.1. The van der Waals surface area contributed by atoms with Gasteiger partial charge in [0.1, 0.15) is 11.7 Å². The molecule has 1 aliphatic heterocycles. The molecule has 1 aromatic carbocycles. The Kier molecular flexibility index (Phi) is 4.16. The summed E-state index contributed by atoms with van der Waals surface area (Å²) in [6, 6.07) is 12.3. The number of nitrogens with zero attached hydrogens (tertiary/aromatic N) is 3. The van der Waals surface area contributed by atoms with Crippen molar-refractivity contribution < 1.29 is 9.53 Å². The lowest BCUT2D eigenvalue weighted by Crippen LogP contribution is -2.44. The molecule has 1 fully saturated rings. The number of para-hydroxylation sites is 1. The van der Waals surface area contributed by atoms with Gasteiger partial charge < -0.3 is 10.1 Å². The van der Waals surface area contributed by atoms with Gasteiger partial charge in [0.15, 0.2) is 0 Å². The van der Waals surface area contributed by atoms with Gasteiger partial charge in [-0.05, 0) is 37.0 Å². The van der Waals surface area contributed by atoms with Gasteiger partial charge in [-0.3, -0.25) is 9.59 Å². The van der Waals surface area contributed by atoms with Crippen molar-refractivity contribution in [3.63, 3.8) is 0 Å². The first-order valence-electron chi connectivity index (χ1n) is 9.55. The van der Waals surface area contributed by atoms with Crippen LogP contribution >= 0.6 is 0 Å². The maximum Gasteiger partial charge on any atom is 0.270 e. The topological polar surface area (TPSA) is 86.1 Å². The Morgan fingerprint density at radius 3 is 2.96 bits per heavy atom. The zero-order valence-corrected chi connectivity index (χ0v) is 15.3. The minimum atomic E-state index is -0.328. The summed E-state index contributed by atoms with van der Waals surface area (Å²) in [6.07, 6.45) is 2.83. The monoisotopic (exact) mass is 376 g/mol. The molecule has 3 heterocycles. The van der Waals surface area contributed by atoms with Crippen LogP contribution in [0.5, 0.6) is 0 Å². The van der Waals surface area contributed by atoms with Crippen LogP contribution in [0.1, 0.15) is 34.2 Å². The molecule has 2 atom stereocenters. The Hall–Kier alpha value is -3.06. The fourth-order valence-electron chi connectivity index (χ4n) is 4.01. The quantitative estimate of drug-likeness (QED) is 0.751. The fourth-order valence-corrected chi connectivity index (χ4v) is 4.01. The largest absolute Gasteiger partial charge is 0.377 e. The number of amides is 1. The number of rotatable bonds is 3. The number of ether oxygens (including phenoxy) is 1. The predicted molar refractivity (Wildman–Crippen MR) is 103 cm³/mol. The molecule has 3 aromatic rings. The highest BCUT2D eigenvalue weighted by Gasteiger charge is 2.33. The first-order valence-corrected chi connectivity index (χ1v) is 9.55. The van der Waals surface area contributed by atoms with Crippen molar-refractivity contribution in [2.45, 2.75) is 31.3 Å². The maximum atomic E-state index is 12.8. The predicted octanol–water partition coefficient (Wildman–Crippen LogP) is 1.65. The molecule has 7 heteroatoms. The SMILES string of the molecule is O=C(NC1COCC1n1nc2c(cc1=O)CCC2)c1ccc2ccccc2n1. The Bertz CT molecular complexity index is 1120. The van der Waals surface area contributed by atoms with Crippen molar-refractivity contribution >= 4 is 16.8 Å². The lowest BCUT2D eigenvalue weighted by Gasteiger charge is -2.20. The van der Waals surface area contributed by atoms with E-state index in [0.29, 0.717) is 18.9 Å². The summed E-state index contributed by atoms with van der Waals surface area (Å²) in [6.45, 7) is 0.691. The minimum absolute atomic E-state index is 0.140. The number of aromatic nitrogens is 3. The van der Waals surface area contributed by atoms with Crippen molar-refractivity contribution in [2.75, 3.05) is 13.2 Å². The molecule has 0 saturated carbocycles. The van der Waals surface area contributed by atoms with Crippen LogP contribution in [-0.2, 0) is 17.6 Å². The molecule has 1 N–H and O–H groups in total. The molecule has 28 heavy (non-hydrogen) atoms. The van der Waals surface area contributed by atoms with Gasteiger partial charge >= 0.3 is 0 Å². The first-order chi connectivity index (χ1) is 13.7. The van der Waals surface area contributed by atoms with Gasteiger partial charge in [0.2, 0.25) is 0 Å². The molecule has 2 aromatic heterocycles. The average Bonchev–Trinajstić information content (AvgIpc) is 3.35. The van der Waals surface area contributed by atoms with Gasteiger partial charge in [-0.1, -0.05) is 24.3 Å². The second kappa shape index (κ2) is 6.83. The zero-order valence-electron chi connectivity index (χ0n) is 15.3. The second-order valence-corrected chi connectivity index (χ2v) is 7.33. The molecule has 142 valence electrons. The molecule has 0 radical (unpaired) electrons. The van der Waals surface area contributed by atoms with Gasteiger partial charge in [-0.25, -0.2) is 9.67 Å². The van der Waals surface area contributed by atoms with Crippen LogP contribution in [0.4, 0.5) is 0 Å². The molecule has 2 aliphatic rings. The highest BCUT2D eigenvalue weighted by Crippen LogP contribution is 2.22. The van der Waals surface area contributed by atoms with E-state index in [2.05, 4.69) is 15.4 Å². The highest BCUT2D eigenvalue weighted by molar-refractivity contribution is 5.95. The summed E-state index contributed by atoms with van der Waals surface area (Å²) < 4.78 is 7.05. The molecule has 1 aliphatic carbocycles. The van der Waals surface area contributed by atoms with E-state index in [1.165, 1.54) is 4.68 Å². The molecular formula is C21H20N4O3. The standard InChI is InChI=1S/C21H20N4O3/c26-20-10-14-5-3-7-16(14)24-25(20)19-12-28-11-18(19)23-21(27)17-9-8-13-4-1-2-6-15(13)22-17/h1-2,4,6,8-10,18-19H,3,5,7,11-12H2,(H,23,27). The molecule has 1 saturated heterocycles. The third kappa shape index (κ3) is 2.97. The van der Waals surface area contributed by atoms with E-state index >= 15 is 0 Å². The molecule has 0 bridgehead atoms. The van der Waals surface area contributed by atoms with Gasteiger partial charge in [0, 0.05) is 11.5 Å². The van der Waals surface area contributed by atoms with Crippen LogP contribution < -0.4 is 10.9 Å². The lowest BCUT2D eigenvalue weighted by molar-refractivity contribution is 0.0920. The maximum absolute atomic E-state index is 12.8. The summed E-state index contributed by atoms with van der Waals surface area (Å²) in [7, 11) is 0. The van der Waals surface area contributed by atoms with Gasteiger partial charge in [0.25, 0.3) is 11.5 Å². The molecule has 5 rings (SSSR count). The minimum Gasteiger partial charge on any atom is -0.377 e. The van der Waals surface area contributed by atoms with E-state index in [9.17, 15) is 9.59 Å². The molecule has 7 nitrogen and oxygen atoms in total. The summed E-state index contributed by atoms with van der Waals surface area (Å²) in [5.74, 6) is -0.277. The first kappa shape index (κ1) is 17.1. The summed E-state index contributed by atoms with van der Waals surface area (Å²) in [5, 5.41) is 8.52. The number of benzene rings is 1. The molecular weight excluding hydrogens is 356 g/mol. The lowest BCUT2D eigenvalue weighted by atomic mass is 10.1. The van der Waals surface area contributed by atoms with Crippen LogP contribution in [0.15, 0.2) is 47.3 Å². The van der Waals surface area contributed by atoms with Crippen LogP contribution in [-0.4, -0.2) is 39.9 Å². The summed E-state index contributed by atoms with van der Waals surface area (Å²) in [5.41, 5.74) is 3.00. The van der Waals surface area contributed by atoms with Crippen LogP contribution in [0.2, 0.25) is 0 Å². The highest BCUT2D eigenvalue weighted by atomic mass is 16.5. The number of hydrogen-bond donors (Lipinski definition) is 1. The van der Waals surface area contributed by atoms with Crippen molar-refractivity contribution in [2.24, 2.45) is 0 Å². The van der Waals surface area contributed by atoms with E-state index in [-0.39, 0.29) is 23.6 Å². The van der Waals surface area contributed by atoms with Crippen LogP contribution in [0.3, 0.4) is 0 Å². The average molecular weight is 376 g/mol. The fraction of sp³-hybridized carbons (Fsp3) is 0.333. The summed E-state index contributed by atoms with van der Waals surface area (Å²) >= 11 is 0. The number of carbonyl (C=O) groups excluding carboxylic acids is 1. The van der Waals surface area contributed by atoms with Gasteiger partial charge in [-0.15, -0.1) is 0 Å². The van der Waals surface area contributed by atoms with Crippen molar-refractivity contribution in [3.8, 4) is 0 Å². The smallest absolute Gasteiger partial charge is 0.270 e. The van der Waals surface area contributed by atoms with Gasteiger partial charge in [-0.2, -0.15) is 5.10 Å². The Morgan fingerprint density at radius 2 is 2.04 bits per heavy atom. The Labute approximate surface area is 161 Å². The number of carbonyl (C=O) groups is 1. The van der Waals surface area contributed by atoms with E-state index in [1.807, 2.05) is 30.3 Å². The van der Waals surface area contributed by atoms with E-state index in [4.69, 9.17) is 4.74 Å². The molecule has 0 spiro atoms. The Morgan fingerprint density at radius 1 is 1.14 bits per heavy atom.